The van der Waals surface area contributed by atoms with Gasteiger partial charge in [0.25, 0.3) is 0 Å². The summed E-state index contributed by atoms with van der Waals surface area (Å²) in [5.41, 5.74) is 11.6. The summed E-state index contributed by atoms with van der Waals surface area (Å²) in [7, 11) is 0. The Kier molecular flexibility index (Phi) is 124. The van der Waals surface area contributed by atoms with Crippen LogP contribution in [0.15, 0.2) is 44.6 Å². The Morgan fingerprint density at radius 1 is 0.153 bits per heavy atom. The average Bonchev–Trinajstić information content (AvgIpc) is 3.30. The maximum Gasteiger partial charge on any atom is 1.00 e. The summed E-state index contributed by atoms with van der Waals surface area (Å²) in [5, 5.41) is 0. The molecule has 0 radical (unpaired) electrons. The van der Waals surface area contributed by atoms with Crippen molar-refractivity contribution in [1.82, 2.24) is 0 Å². The maximum atomic E-state index is 3.58. The summed E-state index contributed by atoms with van der Waals surface area (Å²) in [6.45, 7) is 35.7. The van der Waals surface area contributed by atoms with Gasteiger partial charge >= 0.3 is 137 Å². The van der Waals surface area contributed by atoms with Crippen LogP contribution in [0, 0.1) is 48.6 Å². The van der Waals surface area contributed by atoms with Crippen molar-refractivity contribution in [3.8, 4) is 0 Å². The van der Waals surface area contributed by atoms with Gasteiger partial charge in [0, 0.05) is 0 Å². The molecular weight excluding hydrogens is 1280 g/mol. The van der Waals surface area contributed by atoms with E-state index in [2.05, 4.69) is 159 Å². The van der Waals surface area contributed by atoms with E-state index in [0.29, 0.717) is 0 Å². The van der Waals surface area contributed by atoms with Gasteiger partial charge in [-0.2, -0.15) is 0 Å². The van der Waals surface area contributed by atoms with E-state index in [-0.39, 0.29) is 137 Å². The molecule has 0 aliphatic rings. The second kappa shape index (κ2) is 86.9. The van der Waals surface area contributed by atoms with Gasteiger partial charge in [0.1, 0.15) is 0 Å². The molecule has 456 valence electrons. The number of unbranched alkanes of at least 4 members (excludes halogenated alkanes) is 8. The number of hydrogen-bond donors (Lipinski definition) is 0. The van der Waals surface area contributed by atoms with Crippen molar-refractivity contribution in [1.29, 1.82) is 0 Å². The van der Waals surface area contributed by atoms with Crippen molar-refractivity contribution in [3.05, 3.63) is 93.2 Å². The number of hydrogen-bond acceptors (Lipinski definition) is 0. The van der Waals surface area contributed by atoms with Crippen molar-refractivity contribution in [2.45, 2.75) is 316 Å². The number of rotatable bonds is 36. The third-order valence-electron chi connectivity index (χ3n) is 10.2. The minimum Gasteiger partial charge on any atom is -0.373 e. The van der Waals surface area contributed by atoms with Crippen LogP contribution in [0.5, 0.6) is 0 Å². The fourth-order valence-electron chi connectivity index (χ4n) is 6.97. The van der Waals surface area contributed by atoms with Gasteiger partial charge in [-0.25, -0.2) is 0 Å². The Bertz CT molecular complexity index is 965. The quantitative estimate of drug-likeness (QED) is 0.0333. The van der Waals surface area contributed by atoms with Crippen molar-refractivity contribution in [2.24, 2.45) is 0 Å². The second-order valence-corrected chi connectivity index (χ2v) is 17.2. The third kappa shape index (κ3) is 66.4. The summed E-state index contributed by atoms with van der Waals surface area (Å²) >= 11 is 0. The normalized spacial score (nSPS) is 11.8. The van der Waals surface area contributed by atoms with Crippen LogP contribution in [0.3, 0.4) is 0 Å². The molecule has 0 aromatic rings. The first-order valence-electron chi connectivity index (χ1n) is 28.0. The van der Waals surface area contributed by atoms with Gasteiger partial charge < -0.3 is 93.2 Å². The van der Waals surface area contributed by atoms with Crippen LogP contribution in [-0.2, 0) is 137 Å². The molecule has 0 spiro atoms. The molecule has 0 heterocycles. The molecule has 0 fully saturated rings. The summed E-state index contributed by atoms with van der Waals surface area (Å²) in [4.78, 5) is 0. The van der Waals surface area contributed by atoms with Gasteiger partial charge in [-0.05, 0) is 0 Å². The molecular formula is C64H112Cu8. The van der Waals surface area contributed by atoms with Crippen molar-refractivity contribution >= 4 is 0 Å². The van der Waals surface area contributed by atoms with E-state index in [1.165, 1.54) is 199 Å². The summed E-state index contributed by atoms with van der Waals surface area (Å²) in [5.74, 6) is 0. The van der Waals surface area contributed by atoms with E-state index in [1.807, 2.05) is 0 Å². The predicted molar refractivity (Wildman–Crippen MR) is 293 cm³/mol. The molecule has 8 heteroatoms. The minimum atomic E-state index is 0. The van der Waals surface area contributed by atoms with Crippen LogP contribution in [-0.4, -0.2) is 0 Å². The van der Waals surface area contributed by atoms with E-state index in [9.17, 15) is 0 Å². The Labute approximate surface area is 540 Å². The van der Waals surface area contributed by atoms with Gasteiger partial charge in [-0.1, -0.05) is 214 Å². The molecule has 0 unspecified atom stereocenters. The monoisotopic (exact) mass is 1380 g/mol. The van der Waals surface area contributed by atoms with E-state index in [4.69, 9.17) is 0 Å². The molecule has 0 aliphatic heterocycles. The smallest absolute Gasteiger partial charge is 0.373 e. The molecule has 0 nitrogen and oxygen atoms in total. The average molecular weight is 1390 g/mol. The first kappa shape index (κ1) is 103. The van der Waals surface area contributed by atoms with E-state index >= 15 is 0 Å². The van der Waals surface area contributed by atoms with Crippen molar-refractivity contribution in [2.75, 3.05) is 0 Å². The molecule has 0 saturated heterocycles. The van der Waals surface area contributed by atoms with Crippen LogP contribution in [0.25, 0.3) is 0 Å². The Balaban J connectivity index is -0.0000000643. The summed E-state index contributed by atoms with van der Waals surface area (Å²) < 4.78 is 0. The van der Waals surface area contributed by atoms with E-state index < -0.39 is 0 Å². The predicted octanol–water partition coefficient (Wildman–Crippen LogP) is 22.6. The molecule has 0 amide bonds. The summed E-state index contributed by atoms with van der Waals surface area (Å²) in [6.07, 6.45) is 66.1. The maximum absolute atomic E-state index is 3.58. The molecule has 0 rings (SSSR count). The van der Waals surface area contributed by atoms with Gasteiger partial charge in [-0.15, -0.1) is 103 Å². The van der Waals surface area contributed by atoms with Crippen LogP contribution in [0.1, 0.15) is 316 Å². The zero-order chi connectivity index (χ0) is 48.9. The zero-order valence-electron chi connectivity index (χ0n) is 49.0. The second-order valence-electron chi connectivity index (χ2n) is 17.2. The van der Waals surface area contributed by atoms with E-state index in [0.717, 1.165) is 51.4 Å². The van der Waals surface area contributed by atoms with Gasteiger partial charge in [-0.3, -0.25) is 0 Å². The van der Waals surface area contributed by atoms with Crippen molar-refractivity contribution in [3.63, 3.8) is 0 Å². The molecule has 0 aromatic carbocycles. The van der Waals surface area contributed by atoms with Crippen molar-refractivity contribution < 1.29 is 137 Å². The fourth-order valence-corrected chi connectivity index (χ4v) is 6.97. The van der Waals surface area contributed by atoms with Gasteiger partial charge in [0.15, 0.2) is 0 Å². The number of allylic oxidation sites excluding steroid dienone is 16. The summed E-state index contributed by atoms with van der Waals surface area (Å²) in [6, 6.07) is 0. The molecule has 72 heavy (non-hydrogen) atoms. The molecule has 0 saturated carbocycles. The SMILES string of the molecule is CCC[C-]=C(CCC)C(=[C-]CCC)CCC.CCC[C-]=C(CCC)C(=[C-]CCC)CCC.CCC[C-]=C(CCC)C(=[C-]CCC)CCC.CCC[C-]=C(CCC)C(=[C-]CCC)CCC.[Cu+].[Cu+].[Cu+].[Cu+].[Cu+].[Cu+].[Cu+].[Cu+]. The van der Waals surface area contributed by atoms with E-state index in [1.54, 1.807) is 0 Å². The standard InChI is InChI=1S/4C16H28.8Cu/c4*1-5-9-13-15(11-7-3)16(12-8-4)14-10-6-2;;;;;;;;/h4*5-12H2,1-4H3;;;;;;;;/q4*-2;8*+1. The van der Waals surface area contributed by atoms with Crippen LogP contribution >= 0.6 is 0 Å². The van der Waals surface area contributed by atoms with Gasteiger partial charge in [0.05, 0.1) is 0 Å². The molecule has 0 N–H and O–H groups in total. The zero-order valence-corrected chi connectivity index (χ0v) is 56.6. The topological polar surface area (TPSA) is 0 Å². The molecule has 0 atom stereocenters. The Morgan fingerprint density at radius 2 is 0.236 bits per heavy atom. The fraction of sp³-hybridized carbons (Fsp3) is 0.750. The molecule has 0 aromatic heterocycles. The molecule has 0 aliphatic carbocycles. The minimum absolute atomic E-state index is 0. The van der Waals surface area contributed by atoms with Crippen LogP contribution < -0.4 is 0 Å². The van der Waals surface area contributed by atoms with Crippen LogP contribution in [0.4, 0.5) is 0 Å². The first-order chi connectivity index (χ1) is 31.2. The first-order valence-corrected chi connectivity index (χ1v) is 28.0. The third-order valence-corrected chi connectivity index (χ3v) is 10.2. The largest absolute Gasteiger partial charge is 1.00 e. The molecule has 0 bridgehead atoms. The Hall–Kier alpha value is 2.08. The van der Waals surface area contributed by atoms with Crippen LogP contribution in [0.2, 0.25) is 0 Å². The van der Waals surface area contributed by atoms with Gasteiger partial charge in [0.2, 0.25) is 0 Å². The Morgan fingerprint density at radius 3 is 0.292 bits per heavy atom.